The van der Waals surface area contributed by atoms with Gasteiger partial charge in [-0.3, -0.25) is 14.3 Å². The molecule has 0 radical (unpaired) electrons. The van der Waals surface area contributed by atoms with E-state index in [1.54, 1.807) is 0 Å². The fourth-order valence-electron chi connectivity index (χ4n) is 6.78. The molecule has 1 saturated heterocycles. The van der Waals surface area contributed by atoms with Gasteiger partial charge in [0.1, 0.15) is 16.5 Å². The van der Waals surface area contributed by atoms with E-state index in [2.05, 4.69) is 14.4 Å². The number of nitrogens with zero attached hydrogens (tertiary/aromatic N) is 2. The predicted octanol–water partition coefficient (Wildman–Crippen LogP) is 3.02. The topological polar surface area (TPSA) is 142 Å². The Kier molecular flexibility index (Phi) is 6.45. The highest BCUT2D eigenvalue weighted by Gasteiger charge is 2.58. The molecule has 2 aromatic carbocycles. The summed E-state index contributed by atoms with van der Waals surface area (Å²) in [7, 11) is -8.19. The first kappa shape index (κ1) is 27.7. The standard InChI is InChI=1S/C26H25F3N4O6S2/c1-40(36,37)31-15-6-7-19-20(9-15)41(38,39)32-25(30-19)22-24(34)21-12-2-4-13(5-3-12)23(21)33(26(22)35)11-14-8-17(28)18(29)10-16(14)27/h6-10,12-13,21-23,31H,2-5,11H2,1H3,(H,30,32). The van der Waals surface area contributed by atoms with E-state index < -0.39 is 79.4 Å². The highest BCUT2D eigenvalue weighted by atomic mass is 32.2. The number of piperidine rings is 1. The number of hydrogen-bond acceptors (Lipinski definition) is 7. The lowest BCUT2D eigenvalue weighted by molar-refractivity contribution is -0.162. The average Bonchev–Trinajstić information content (AvgIpc) is 2.89. The van der Waals surface area contributed by atoms with Crippen LogP contribution in [0.5, 0.6) is 0 Å². The van der Waals surface area contributed by atoms with Crippen LogP contribution in [0.1, 0.15) is 31.2 Å². The second-order valence-corrected chi connectivity index (χ2v) is 14.3. The summed E-state index contributed by atoms with van der Waals surface area (Å²) in [4.78, 5) is 28.9. The Hall–Kier alpha value is -3.46. The molecule has 2 N–H and O–H groups in total. The lowest BCUT2D eigenvalue weighted by atomic mass is 9.57. The first-order valence-corrected chi connectivity index (χ1v) is 16.3. The first-order chi connectivity index (χ1) is 19.2. The minimum atomic E-state index is -4.48. The Morgan fingerprint density at radius 3 is 2.34 bits per heavy atom. The first-order valence-electron chi connectivity index (χ1n) is 12.9. The van der Waals surface area contributed by atoms with Gasteiger partial charge in [-0.25, -0.2) is 21.6 Å². The van der Waals surface area contributed by atoms with Gasteiger partial charge in [-0.1, -0.05) is 0 Å². The van der Waals surface area contributed by atoms with Gasteiger partial charge in [0.25, 0.3) is 10.0 Å². The molecule has 1 amide bonds. The molecule has 0 aromatic heterocycles. The van der Waals surface area contributed by atoms with Crippen LogP contribution in [0.4, 0.5) is 24.5 Å². The highest BCUT2D eigenvalue weighted by molar-refractivity contribution is 7.92. The number of nitrogens with one attached hydrogen (secondary N) is 2. The normalized spacial score (nSPS) is 28.4. The van der Waals surface area contributed by atoms with Gasteiger partial charge in [0.15, 0.2) is 23.3 Å². The second-order valence-electron chi connectivity index (χ2n) is 11.0. The molecule has 3 saturated carbocycles. The number of carbonyl (C=O) groups is 2. The Bertz CT molecular complexity index is 1740. The van der Waals surface area contributed by atoms with E-state index >= 15 is 0 Å². The number of Topliss-reactive ketones (excluding diaryl/α,β-unsaturated/α-hetero) is 1. The van der Waals surface area contributed by atoms with Crippen molar-refractivity contribution in [1.82, 2.24) is 4.90 Å². The van der Waals surface area contributed by atoms with Crippen LogP contribution in [0.3, 0.4) is 0 Å². The van der Waals surface area contributed by atoms with Crippen LogP contribution in [-0.4, -0.2) is 51.6 Å². The molecule has 0 spiro atoms. The number of sulfonamides is 2. The van der Waals surface area contributed by atoms with Gasteiger partial charge in [0.2, 0.25) is 15.9 Å². The molecule has 2 bridgehead atoms. The summed E-state index contributed by atoms with van der Waals surface area (Å²) in [6.07, 6.45) is 3.88. The lowest BCUT2D eigenvalue weighted by Crippen LogP contribution is -2.66. The number of halogens is 3. The van der Waals surface area contributed by atoms with Crippen LogP contribution in [0.2, 0.25) is 0 Å². The Morgan fingerprint density at radius 2 is 1.66 bits per heavy atom. The van der Waals surface area contributed by atoms with Crippen LogP contribution >= 0.6 is 0 Å². The maximum Gasteiger partial charge on any atom is 0.286 e. The lowest BCUT2D eigenvalue weighted by Gasteiger charge is -2.55. The Balaban J connectivity index is 1.40. The van der Waals surface area contributed by atoms with Gasteiger partial charge in [-0.15, -0.1) is 4.40 Å². The van der Waals surface area contributed by atoms with E-state index in [4.69, 9.17) is 0 Å². The van der Waals surface area contributed by atoms with Crippen molar-refractivity contribution >= 4 is 48.9 Å². The fraction of sp³-hybridized carbons (Fsp3) is 0.423. The molecule has 3 aliphatic carbocycles. The van der Waals surface area contributed by atoms with Gasteiger partial charge in [0, 0.05) is 35.8 Å². The average molecular weight is 611 g/mol. The van der Waals surface area contributed by atoms with E-state index in [0.29, 0.717) is 12.1 Å². The summed E-state index contributed by atoms with van der Waals surface area (Å²) in [5.74, 6) is -7.89. The second kappa shape index (κ2) is 9.54. The number of rotatable bonds is 5. The minimum Gasteiger partial charge on any atom is -0.341 e. The number of amidine groups is 1. The highest BCUT2D eigenvalue weighted by Crippen LogP contribution is 2.51. The summed E-state index contributed by atoms with van der Waals surface area (Å²) in [5, 5.41) is 2.77. The Labute approximate surface area is 234 Å². The zero-order chi connectivity index (χ0) is 29.4. The third kappa shape index (κ3) is 4.78. The van der Waals surface area contributed by atoms with Crippen molar-refractivity contribution in [3.8, 4) is 0 Å². The maximum atomic E-state index is 14.7. The molecule has 2 aliphatic heterocycles. The van der Waals surface area contributed by atoms with Crippen LogP contribution in [0.25, 0.3) is 0 Å². The number of fused-ring (bicyclic) bond motifs is 3. The zero-order valence-corrected chi connectivity index (χ0v) is 23.2. The molecule has 4 fully saturated rings. The summed E-state index contributed by atoms with van der Waals surface area (Å²) < 4.78 is 97.8. The van der Waals surface area contributed by atoms with Crippen molar-refractivity contribution in [3.05, 3.63) is 53.3 Å². The maximum absolute atomic E-state index is 14.7. The number of likely N-dealkylation sites (tertiary alicyclic amines) is 1. The van der Waals surface area contributed by atoms with E-state index in [-0.39, 0.29) is 33.7 Å². The van der Waals surface area contributed by atoms with Gasteiger partial charge < -0.3 is 10.2 Å². The molecule has 2 aromatic rings. The number of amides is 1. The molecule has 5 aliphatic rings. The van der Waals surface area contributed by atoms with E-state index in [1.165, 1.54) is 17.0 Å². The molecule has 218 valence electrons. The van der Waals surface area contributed by atoms with Crippen molar-refractivity contribution in [1.29, 1.82) is 0 Å². The van der Waals surface area contributed by atoms with Crippen molar-refractivity contribution in [3.63, 3.8) is 0 Å². The molecule has 41 heavy (non-hydrogen) atoms. The van der Waals surface area contributed by atoms with Gasteiger partial charge in [-0.05, 0) is 61.8 Å². The van der Waals surface area contributed by atoms with Crippen LogP contribution in [0.15, 0.2) is 39.6 Å². The number of ketones is 1. The third-order valence-corrected chi connectivity index (χ3v) is 10.4. The number of anilines is 2. The van der Waals surface area contributed by atoms with Crippen molar-refractivity contribution < 1.29 is 39.6 Å². The van der Waals surface area contributed by atoms with Crippen LogP contribution < -0.4 is 10.0 Å². The summed E-state index contributed by atoms with van der Waals surface area (Å²) in [6, 6.07) is 4.15. The van der Waals surface area contributed by atoms with Gasteiger partial charge in [0.05, 0.1) is 11.9 Å². The summed E-state index contributed by atoms with van der Waals surface area (Å²) in [5.41, 5.74) is -0.311. The predicted molar refractivity (Wildman–Crippen MR) is 141 cm³/mol. The molecular formula is C26H25F3N4O6S2. The van der Waals surface area contributed by atoms with Gasteiger partial charge in [-0.2, -0.15) is 8.42 Å². The molecule has 15 heteroatoms. The molecule has 3 atom stereocenters. The zero-order valence-electron chi connectivity index (χ0n) is 21.6. The number of carbonyl (C=O) groups excluding carboxylic acids is 2. The minimum absolute atomic E-state index is 0.0138. The van der Waals surface area contributed by atoms with Crippen LogP contribution in [0, 0.1) is 41.1 Å². The fourth-order valence-corrected chi connectivity index (χ4v) is 8.51. The van der Waals surface area contributed by atoms with Crippen molar-refractivity contribution in [2.45, 2.75) is 43.2 Å². The smallest absolute Gasteiger partial charge is 0.286 e. The largest absolute Gasteiger partial charge is 0.341 e. The molecule has 2 heterocycles. The Morgan fingerprint density at radius 1 is 1.00 bits per heavy atom. The SMILES string of the molecule is CS(=O)(=O)Nc1ccc2c(c1)S(=O)(=O)N=C(C1C(=O)C3C4CCC(CC4)C3N(Cc3cc(F)c(F)cc3F)C1=O)N2. The van der Waals surface area contributed by atoms with Crippen molar-refractivity contribution in [2.75, 3.05) is 16.3 Å². The van der Waals surface area contributed by atoms with E-state index in [0.717, 1.165) is 38.0 Å². The van der Waals surface area contributed by atoms with E-state index in [1.807, 2.05) is 0 Å². The number of hydrogen-bond donors (Lipinski definition) is 2. The number of benzene rings is 2. The molecular weight excluding hydrogens is 585 g/mol. The van der Waals surface area contributed by atoms with Gasteiger partial charge >= 0.3 is 0 Å². The van der Waals surface area contributed by atoms with E-state index in [9.17, 15) is 39.6 Å². The molecule has 3 unspecified atom stereocenters. The third-order valence-electron chi connectivity index (χ3n) is 8.43. The molecule has 7 rings (SSSR count). The monoisotopic (exact) mass is 610 g/mol. The summed E-state index contributed by atoms with van der Waals surface area (Å²) >= 11 is 0. The van der Waals surface area contributed by atoms with Crippen LogP contribution in [-0.2, 0) is 36.2 Å². The van der Waals surface area contributed by atoms with Crippen molar-refractivity contribution in [2.24, 2.45) is 28.1 Å². The summed E-state index contributed by atoms with van der Waals surface area (Å²) in [6.45, 7) is -0.437. The molecule has 10 nitrogen and oxygen atoms in total. The quantitative estimate of drug-likeness (QED) is 0.392.